The molecule has 2 rings (SSSR count). The molecule has 1 atom stereocenters. The molecule has 1 unspecified atom stereocenters. The average Bonchev–Trinajstić information content (AvgIpc) is 2.61. The van der Waals surface area contributed by atoms with Crippen molar-refractivity contribution < 1.29 is 4.74 Å². The minimum atomic E-state index is 0.671. The van der Waals surface area contributed by atoms with Crippen LogP contribution >= 0.6 is 0 Å². The van der Waals surface area contributed by atoms with Gasteiger partial charge in [0.1, 0.15) is 0 Å². The van der Waals surface area contributed by atoms with E-state index in [9.17, 15) is 0 Å². The van der Waals surface area contributed by atoms with Crippen molar-refractivity contribution in [2.24, 2.45) is 5.92 Å². The van der Waals surface area contributed by atoms with Crippen molar-refractivity contribution in [2.75, 3.05) is 18.9 Å². The van der Waals surface area contributed by atoms with Crippen LogP contribution in [-0.4, -0.2) is 13.2 Å². The Bertz CT molecular complexity index is 279. The number of hydrogen-bond acceptors (Lipinski definition) is 2. The highest BCUT2D eigenvalue weighted by atomic mass is 16.5. The number of para-hydroxylation sites is 1. The lowest BCUT2D eigenvalue weighted by atomic mass is 9.98. The third-order valence-corrected chi connectivity index (χ3v) is 2.59. The van der Waals surface area contributed by atoms with Crippen LogP contribution < -0.4 is 5.73 Å². The smallest absolute Gasteiger partial charge is 0.0498 e. The quantitative estimate of drug-likeness (QED) is 0.700. The molecule has 0 radical (unpaired) electrons. The number of benzene rings is 1. The first-order valence-corrected chi connectivity index (χ1v) is 4.77. The average molecular weight is 177 g/mol. The molecule has 1 fully saturated rings. The highest BCUT2D eigenvalue weighted by Crippen LogP contribution is 2.21. The zero-order valence-corrected chi connectivity index (χ0v) is 7.70. The van der Waals surface area contributed by atoms with E-state index >= 15 is 0 Å². The van der Waals surface area contributed by atoms with Crippen molar-refractivity contribution in [3.05, 3.63) is 29.8 Å². The first-order valence-electron chi connectivity index (χ1n) is 4.77. The van der Waals surface area contributed by atoms with Gasteiger partial charge in [-0.1, -0.05) is 18.2 Å². The van der Waals surface area contributed by atoms with Gasteiger partial charge < -0.3 is 10.5 Å². The molecule has 1 aliphatic heterocycles. The van der Waals surface area contributed by atoms with Crippen molar-refractivity contribution in [1.82, 2.24) is 0 Å². The first-order chi connectivity index (χ1) is 6.36. The monoisotopic (exact) mass is 177 g/mol. The van der Waals surface area contributed by atoms with Gasteiger partial charge in [-0.3, -0.25) is 0 Å². The fourth-order valence-electron chi connectivity index (χ4n) is 1.78. The van der Waals surface area contributed by atoms with Crippen LogP contribution in [0.1, 0.15) is 12.0 Å². The van der Waals surface area contributed by atoms with Gasteiger partial charge in [0, 0.05) is 18.9 Å². The maximum atomic E-state index is 5.86. The van der Waals surface area contributed by atoms with Gasteiger partial charge in [0.25, 0.3) is 0 Å². The predicted octanol–water partition coefficient (Wildman–Crippen LogP) is 1.85. The van der Waals surface area contributed by atoms with E-state index in [0.717, 1.165) is 25.3 Å². The van der Waals surface area contributed by atoms with E-state index in [2.05, 4.69) is 6.07 Å². The van der Waals surface area contributed by atoms with Crippen molar-refractivity contribution in [3.63, 3.8) is 0 Å². The minimum absolute atomic E-state index is 0.671. The molecule has 1 aliphatic rings. The molecular formula is C11H15NO. The molecule has 0 bridgehead atoms. The highest BCUT2D eigenvalue weighted by molar-refractivity contribution is 5.46. The van der Waals surface area contributed by atoms with Gasteiger partial charge in [0.05, 0.1) is 0 Å². The van der Waals surface area contributed by atoms with Gasteiger partial charge in [0.15, 0.2) is 0 Å². The van der Waals surface area contributed by atoms with Crippen LogP contribution in [0.5, 0.6) is 0 Å². The van der Waals surface area contributed by atoms with Crippen molar-refractivity contribution in [2.45, 2.75) is 12.8 Å². The molecule has 70 valence electrons. The molecule has 2 heteroatoms. The lowest BCUT2D eigenvalue weighted by Crippen LogP contribution is -2.05. The summed E-state index contributed by atoms with van der Waals surface area (Å²) in [6.07, 6.45) is 2.24. The maximum absolute atomic E-state index is 5.86. The Kier molecular flexibility index (Phi) is 2.50. The molecule has 2 nitrogen and oxygen atoms in total. The fraction of sp³-hybridized carbons (Fsp3) is 0.455. The Hall–Kier alpha value is -1.02. The molecule has 1 saturated heterocycles. The Balaban J connectivity index is 2.04. The number of rotatable bonds is 2. The second kappa shape index (κ2) is 3.79. The summed E-state index contributed by atoms with van der Waals surface area (Å²) in [4.78, 5) is 0. The van der Waals surface area contributed by atoms with E-state index < -0.39 is 0 Å². The van der Waals surface area contributed by atoms with E-state index in [1.165, 1.54) is 12.0 Å². The number of anilines is 1. The zero-order chi connectivity index (χ0) is 9.10. The molecule has 0 saturated carbocycles. The SMILES string of the molecule is Nc1ccccc1CC1CCOC1. The Morgan fingerprint density at radius 3 is 2.92 bits per heavy atom. The topological polar surface area (TPSA) is 35.2 Å². The molecule has 2 N–H and O–H groups in total. The Morgan fingerprint density at radius 1 is 1.38 bits per heavy atom. The third-order valence-electron chi connectivity index (χ3n) is 2.59. The van der Waals surface area contributed by atoms with Crippen molar-refractivity contribution >= 4 is 5.69 Å². The maximum Gasteiger partial charge on any atom is 0.0498 e. The van der Waals surface area contributed by atoms with Gasteiger partial charge in [-0.05, 0) is 30.4 Å². The van der Waals surface area contributed by atoms with E-state index in [4.69, 9.17) is 10.5 Å². The number of nitrogens with two attached hydrogens (primary N) is 1. The van der Waals surface area contributed by atoms with Crippen LogP contribution in [0.15, 0.2) is 24.3 Å². The summed E-state index contributed by atoms with van der Waals surface area (Å²) in [5, 5.41) is 0. The molecular weight excluding hydrogens is 162 g/mol. The minimum Gasteiger partial charge on any atom is -0.399 e. The zero-order valence-electron chi connectivity index (χ0n) is 7.70. The van der Waals surface area contributed by atoms with Crippen LogP contribution in [0.2, 0.25) is 0 Å². The fourth-order valence-corrected chi connectivity index (χ4v) is 1.78. The van der Waals surface area contributed by atoms with Gasteiger partial charge in [-0.25, -0.2) is 0 Å². The van der Waals surface area contributed by atoms with Crippen molar-refractivity contribution in [3.8, 4) is 0 Å². The lowest BCUT2D eigenvalue weighted by molar-refractivity contribution is 0.186. The Morgan fingerprint density at radius 2 is 2.23 bits per heavy atom. The normalized spacial score (nSPS) is 22.0. The molecule has 0 aliphatic carbocycles. The third kappa shape index (κ3) is 2.01. The molecule has 0 spiro atoms. The summed E-state index contributed by atoms with van der Waals surface area (Å²) in [6, 6.07) is 8.09. The number of hydrogen-bond donors (Lipinski definition) is 1. The predicted molar refractivity (Wildman–Crippen MR) is 53.5 cm³/mol. The second-order valence-corrected chi connectivity index (χ2v) is 3.63. The molecule has 0 aromatic heterocycles. The second-order valence-electron chi connectivity index (χ2n) is 3.63. The standard InChI is InChI=1S/C11H15NO/c12-11-4-2-1-3-10(11)7-9-5-6-13-8-9/h1-4,9H,5-8,12H2. The molecule has 1 aromatic rings. The van der Waals surface area contributed by atoms with Crippen molar-refractivity contribution in [1.29, 1.82) is 0 Å². The van der Waals surface area contributed by atoms with Gasteiger partial charge >= 0.3 is 0 Å². The lowest BCUT2D eigenvalue weighted by Gasteiger charge is -2.09. The number of nitrogen functional groups attached to an aromatic ring is 1. The van der Waals surface area contributed by atoms with E-state index in [1.54, 1.807) is 0 Å². The van der Waals surface area contributed by atoms with Crippen LogP contribution in [0.3, 0.4) is 0 Å². The summed E-state index contributed by atoms with van der Waals surface area (Å²) in [5.41, 5.74) is 8.03. The highest BCUT2D eigenvalue weighted by Gasteiger charge is 2.16. The molecule has 13 heavy (non-hydrogen) atoms. The molecule has 1 aromatic carbocycles. The van der Waals surface area contributed by atoms with Crippen LogP contribution in [0.4, 0.5) is 5.69 Å². The Labute approximate surface area is 78.7 Å². The summed E-state index contributed by atoms with van der Waals surface area (Å²) >= 11 is 0. The largest absolute Gasteiger partial charge is 0.399 e. The molecule has 1 heterocycles. The summed E-state index contributed by atoms with van der Waals surface area (Å²) in [5.74, 6) is 0.671. The van der Waals surface area contributed by atoms with Gasteiger partial charge in [-0.15, -0.1) is 0 Å². The van der Waals surface area contributed by atoms with E-state index in [-0.39, 0.29) is 0 Å². The van der Waals surface area contributed by atoms with Crippen LogP contribution in [-0.2, 0) is 11.2 Å². The summed E-state index contributed by atoms with van der Waals surface area (Å²) < 4.78 is 5.33. The van der Waals surface area contributed by atoms with E-state index in [0.29, 0.717) is 5.92 Å². The summed E-state index contributed by atoms with van der Waals surface area (Å²) in [6.45, 7) is 1.81. The van der Waals surface area contributed by atoms with E-state index in [1.807, 2.05) is 18.2 Å². The van der Waals surface area contributed by atoms with Crippen LogP contribution in [0, 0.1) is 5.92 Å². The van der Waals surface area contributed by atoms with Gasteiger partial charge in [0.2, 0.25) is 0 Å². The molecule has 0 amide bonds. The number of ether oxygens (including phenoxy) is 1. The van der Waals surface area contributed by atoms with Gasteiger partial charge in [-0.2, -0.15) is 0 Å². The summed E-state index contributed by atoms with van der Waals surface area (Å²) in [7, 11) is 0. The first kappa shape index (κ1) is 8.57. The van der Waals surface area contributed by atoms with Crippen LogP contribution in [0.25, 0.3) is 0 Å².